The average molecular weight is 256 g/mol. The van der Waals surface area contributed by atoms with Crippen LogP contribution >= 0.6 is 0 Å². The molecule has 0 amide bonds. The van der Waals surface area contributed by atoms with Gasteiger partial charge in [-0.05, 0) is 19.1 Å². The molecule has 2 rings (SSSR count). The predicted octanol–water partition coefficient (Wildman–Crippen LogP) is 2.96. The highest BCUT2D eigenvalue weighted by Crippen LogP contribution is 2.13. The van der Waals surface area contributed by atoms with Crippen LogP contribution in [-0.4, -0.2) is 21.5 Å². The third kappa shape index (κ3) is 4.02. The molecule has 2 aromatic heterocycles. The minimum atomic E-state index is 0.344. The molecule has 0 spiro atoms. The van der Waals surface area contributed by atoms with Crippen molar-refractivity contribution in [3.63, 3.8) is 0 Å². The van der Waals surface area contributed by atoms with Gasteiger partial charge in [-0.1, -0.05) is 19.9 Å². The first-order valence-electron chi connectivity index (χ1n) is 6.64. The lowest BCUT2D eigenvalue weighted by Gasteiger charge is -2.10. The molecule has 0 aliphatic rings. The van der Waals surface area contributed by atoms with Crippen molar-refractivity contribution < 1.29 is 0 Å². The molecule has 0 unspecified atom stereocenters. The summed E-state index contributed by atoms with van der Waals surface area (Å²) in [6, 6.07) is 7.95. The lowest BCUT2D eigenvalue weighted by Crippen LogP contribution is -2.10. The summed E-state index contributed by atoms with van der Waals surface area (Å²) in [5.74, 6) is 2.13. The van der Waals surface area contributed by atoms with Gasteiger partial charge in [0.25, 0.3) is 0 Å². The fraction of sp³-hybridized carbons (Fsp3) is 0.400. The maximum Gasteiger partial charge on any atom is 0.133 e. The van der Waals surface area contributed by atoms with Crippen LogP contribution in [0.3, 0.4) is 0 Å². The summed E-state index contributed by atoms with van der Waals surface area (Å²) in [5, 5.41) is 3.34. The molecule has 0 aliphatic heterocycles. The van der Waals surface area contributed by atoms with Crippen molar-refractivity contribution in [3.8, 4) is 0 Å². The molecule has 4 heteroatoms. The van der Waals surface area contributed by atoms with Gasteiger partial charge in [0.1, 0.15) is 11.6 Å². The third-order valence-electron chi connectivity index (χ3n) is 2.80. The minimum Gasteiger partial charge on any atom is -0.370 e. The molecule has 0 radical (unpaired) electrons. The maximum absolute atomic E-state index is 4.52. The highest BCUT2D eigenvalue weighted by Gasteiger charge is 2.05. The van der Waals surface area contributed by atoms with Crippen molar-refractivity contribution in [2.75, 3.05) is 11.9 Å². The second kappa shape index (κ2) is 6.27. The Morgan fingerprint density at radius 3 is 2.74 bits per heavy atom. The van der Waals surface area contributed by atoms with E-state index in [-0.39, 0.29) is 0 Å². The van der Waals surface area contributed by atoms with Gasteiger partial charge in [0.15, 0.2) is 0 Å². The first kappa shape index (κ1) is 13.5. The van der Waals surface area contributed by atoms with Crippen molar-refractivity contribution in [1.82, 2.24) is 15.0 Å². The molecule has 0 atom stereocenters. The Morgan fingerprint density at radius 2 is 2.05 bits per heavy atom. The van der Waals surface area contributed by atoms with Gasteiger partial charge >= 0.3 is 0 Å². The van der Waals surface area contributed by atoms with Gasteiger partial charge in [-0.25, -0.2) is 9.97 Å². The van der Waals surface area contributed by atoms with Gasteiger partial charge in [0, 0.05) is 42.5 Å². The first-order valence-corrected chi connectivity index (χ1v) is 6.64. The second-order valence-electron chi connectivity index (χ2n) is 4.91. The molecule has 0 aromatic carbocycles. The smallest absolute Gasteiger partial charge is 0.133 e. The molecule has 2 aromatic rings. The molecular formula is C15H20N4. The minimum absolute atomic E-state index is 0.344. The zero-order valence-corrected chi connectivity index (χ0v) is 11.7. The van der Waals surface area contributed by atoms with Crippen LogP contribution in [0.1, 0.15) is 37.0 Å². The second-order valence-corrected chi connectivity index (χ2v) is 4.91. The van der Waals surface area contributed by atoms with Gasteiger partial charge in [0.05, 0.1) is 0 Å². The van der Waals surface area contributed by atoms with Gasteiger partial charge in [-0.3, -0.25) is 4.98 Å². The quantitative estimate of drug-likeness (QED) is 0.893. The first-order chi connectivity index (χ1) is 9.15. The number of rotatable bonds is 5. The molecule has 0 bridgehead atoms. The van der Waals surface area contributed by atoms with E-state index in [2.05, 4.69) is 34.1 Å². The molecule has 0 aliphatic carbocycles. The zero-order chi connectivity index (χ0) is 13.7. The van der Waals surface area contributed by atoms with E-state index in [1.807, 2.05) is 37.4 Å². The number of anilines is 1. The van der Waals surface area contributed by atoms with Crippen LogP contribution in [0.4, 0.5) is 5.82 Å². The van der Waals surface area contributed by atoms with E-state index in [9.17, 15) is 0 Å². The van der Waals surface area contributed by atoms with Crippen LogP contribution in [0.5, 0.6) is 0 Å². The summed E-state index contributed by atoms with van der Waals surface area (Å²) in [4.78, 5) is 13.3. The van der Waals surface area contributed by atoms with Crippen LogP contribution in [-0.2, 0) is 6.42 Å². The molecule has 100 valence electrons. The van der Waals surface area contributed by atoms with E-state index in [1.165, 1.54) is 0 Å². The zero-order valence-electron chi connectivity index (χ0n) is 11.7. The molecule has 0 saturated heterocycles. The SMILES string of the molecule is Cc1cc(NCCc2ccccn2)nc(C(C)C)n1. The summed E-state index contributed by atoms with van der Waals surface area (Å²) < 4.78 is 0. The highest BCUT2D eigenvalue weighted by atomic mass is 15.0. The average Bonchev–Trinajstić information content (AvgIpc) is 2.39. The van der Waals surface area contributed by atoms with E-state index < -0.39 is 0 Å². The lowest BCUT2D eigenvalue weighted by atomic mass is 10.2. The van der Waals surface area contributed by atoms with Crippen molar-refractivity contribution >= 4 is 5.82 Å². The van der Waals surface area contributed by atoms with E-state index in [4.69, 9.17) is 0 Å². The molecule has 1 N–H and O–H groups in total. The molecule has 0 saturated carbocycles. The van der Waals surface area contributed by atoms with Crippen molar-refractivity contribution in [1.29, 1.82) is 0 Å². The Hall–Kier alpha value is -1.97. The largest absolute Gasteiger partial charge is 0.370 e. The van der Waals surface area contributed by atoms with E-state index in [0.717, 1.165) is 36.0 Å². The molecular weight excluding hydrogens is 236 g/mol. The lowest BCUT2D eigenvalue weighted by molar-refractivity contribution is 0.766. The van der Waals surface area contributed by atoms with Crippen LogP contribution in [0.25, 0.3) is 0 Å². The Bertz CT molecular complexity index is 523. The van der Waals surface area contributed by atoms with E-state index >= 15 is 0 Å². The van der Waals surface area contributed by atoms with E-state index in [0.29, 0.717) is 5.92 Å². The predicted molar refractivity (Wildman–Crippen MR) is 77.3 cm³/mol. The van der Waals surface area contributed by atoms with Crippen LogP contribution in [0.2, 0.25) is 0 Å². The number of hydrogen-bond donors (Lipinski definition) is 1. The van der Waals surface area contributed by atoms with Crippen molar-refractivity contribution in [3.05, 3.63) is 47.7 Å². The number of pyridine rings is 1. The summed E-state index contributed by atoms with van der Waals surface area (Å²) in [7, 11) is 0. The Morgan fingerprint density at radius 1 is 1.21 bits per heavy atom. The van der Waals surface area contributed by atoms with Crippen LogP contribution in [0.15, 0.2) is 30.5 Å². The monoisotopic (exact) mass is 256 g/mol. The molecule has 19 heavy (non-hydrogen) atoms. The number of aromatic nitrogens is 3. The fourth-order valence-electron chi connectivity index (χ4n) is 1.80. The third-order valence-corrected chi connectivity index (χ3v) is 2.80. The van der Waals surface area contributed by atoms with Gasteiger partial charge in [-0.15, -0.1) is 0 Å². The highest BCUT2D eigenvalue weighted by molar-refractivity contribution is 5.36. The summed E-state index contributed by atoms with van der Waals surface area (Å²) in [6.45, 7) is 7.03. The number of nitrogens with one attached hydrogen (secondary N) is 1. The number of hydrogen-bond acceptors (Lipinski definition) is 4. The molecule has 4 nitrogen and oxygen atoms in total. The summed E-state index contributed by atoms with van der Waals surface area (Å²) in [6.07, 6.45) is 2.71. The maximum atomic E-state index is 4.52. The number of nitrogens with zero attached hydrogens (tertiary/aromatic N) is 3. The van der Waals surface area contributed by atoms with Gasteiger partial charge in [-0.2, -0.15) is 0 Å². The van der Waals surface area contributed by atoms with Crippen LogP contribution in [0, 0.1) is 6.92 Å². The summed E-state index contributed by atoms with van der Waals surface area (Å²) in [5.41, 5.74) is 2.09. The molecule has 2 heterocycles. The van der Waals surface area contributed by atoms with Crippen LogP contribution < -0.4 is 5.32 Å². The summed E-state index contributed by atoms with van der Waals surface area (Å²) >= 11 is 0. The normalized spacial score (nSPS) is 10.7. The van der Waals surface area contributed by atoms with Gasteiger partial charge in [0.2, 0.25) is 0 Å². The van der Waals surface area contributed by atoms with Gasteiger partial charge < -0.3 is 5.32 Å². The fourth-order valence-corrected chi connectivity index (χ4v) is 1.80. The Balaban J connectivity index is 1.96. The Kier molecular flexibility index (Phi) is 4.44. The standard InChI is InChI=1S/C15H20N4/c1-11(2)15-18-12(3)10-14(19-15)17-9-7-13-6-4-5-8-16-13/h4-6,8,10-11H,7,9H2,1-3H3,(H,17,18,19). The van der Waals surface area contributed by atoms with E-state index in [1.54, 1.807) is 0 Å². The Labute approximate surface area is 114 Å². The molecule has 0 fully saturated rings. The van der Waals surface area contributed by atoms with Crippen molar-refractivity contribution in [2.45, 2.75) is 33.1 Å². The van der Waals surface area contributed by atoms with Crippen molar-refractivity contribution in [2.24, 2.45) is 0 Å². The topological polar surface area (TPSA) is 50.7 Å². The number of aryl methyl sites for hydroxylation is 1.